The van der Waals surface area contributed by atoms with Crippen LogP contribution in [0.3, 0.4) is 0 Å². The molecule has 0 aliphatic heterocycles. The molecule has 0 spiro atoms. The van der Waals surface area contributed by atoms with Gasteiger partial charge in [0.25, 0.3) is 0 Å². The molecular formula is C26H14F10O. The minimum atomic E-state index is -4.85. The van der Waals surface area contributed by atoms with Crippen molar-refractivity contribution >= 4 is 10.8 Å². The van der Waals surface area contributed by atoms with Crippen molar-refractivity contribution in [2.75, 3.05) is 0 Å². The molecule has 0 heterocycles. The summed E-state index contributed by atoms with van der Waals surface area (Å²) in [7, 11) is 0. The number of alkyl halides is 2. The van der Waals surface area contributed by atoms with Crippen LogP contribution in [0, 0.1) is 46.5 Å². The molecule has 0 aliphatic carbocycles. The Morgan fingerprint density at radius 1 is 0.676 bits per heavy atom. The molecule has 1 nitrogen and oxygen atoms in total. The third kappa shape index (κ3) is 4.70. The van der Waals surface area contributed by atoms with Gasteiger partial charge < -0.3 is 4.74 Å². The molecule has 0 amide bonds. The summed E-state index contributed by atoms with van der Waals surface area (Å²) in [5.41, 5.74) is -3.25. The van der Waals surface area contributed by atoms with Crippen molar-refractivity contribution in [2.45, 2.75) is 25.9 Å². The number of aryl methyl sites for hydroxylation is 1. The van der Waals surface area contributed by atoms with E-state index in [2.05, 4.69) is 4.74 Å². The van der Waals surface area contributed by atoms with E-state index in [9.17, 15) is 39.5 Å². The first-order chi connectivity index (χ1) is 17.4. The molecule has 0 saturated heterocycles. The van der Waals surface area contributed by atoms with Crippen molar-refractivity contribution in [1.29, 1.82) is 0 Å². The molecule has 0 bridgehead atoms. The Balaban J connectivity index is 1.78. The zero-order valence-corrected chi connectivity index (χ0v) is 18.6. The van der Waals surface area contributed by atoms with Crippen LogP contribution in [0.5, 0.6) is 5.75 Å². The van der Waals surface area contributed by atoms with Crippen LogP contribution in [0.2, 0.25) is 0 Å². The summed E-state index contributed by atoms with van der Waals surface area (Å²) in [6, 6.07) is 4.09. The Bertz CT molecular complexity index is 1480. The van der Waals surface area contributed by atoms with Gasteiger partial charge in [0.1, 0.15) is 28.8 Å². The Morgan fingerprint density at radius 3 is 1.84 bits per heavy atom. The number of ether oxygens (including phenoxy) is 1. The number of fused-ring (bicyclic) bond motifs is 1. The Morgan fingerprint density at radius 2 is 1.27 bits per heavy atom. The van der Waals surface area contributed by atoms with Crippen LogP contribution in [0.15, 0.2) is 42.5 Å². The van der Waals surface area contributed by atoms with Crippen molar-refractivity contribution < 1.29 is 48.6 Å². The van der Waals surface area contributed by atoms with Gasteiger partial charge in [-0.05, 0) is 41.1 Å². The van der Waals surface area contributed by atoms with E-state index < -0.39 is 80.5 Å². The first-order valence-electron chi connectivity index (χ1n) is 10.7. The molecule has 0 aliphatic rings. The molecule has 0 radical (unpaired) electrons. The molecule has 0 atom stereocenters. The number of halogens is 10. The molecule has 194 valence electrons. The van der Waals surface area contributed by atoms with E-state index >= 15 is 4.39 Å². The SMILES string of the molecule is CCCc1cc2ccc(-c3cc(F)c(C(F)(F)Oc4cc(F)c(F)c(F)c4)c(F)c3)c(F)c2c(F)c1F. The van der Waals surface area contributed by atoms with Gasteiger partial charge in [-0.15, -0.1) is 0 Å². The highest BCUT2D eigenvalue weighted by Crippen LogP contribution is 2.39. The third-order valence-corrected chi connectivity index (χ3v) is 5.56. The molecule has 0 saturated carbocycles. The number of hydrogen-bond donors (Lipinski definition) is 0. The lowest BCUT2D eigenvalue weighted by molar-refractivity contribution is -0.189. The second-order valence-corrected chi connectivity index (χ2v) is 8.07. The highest BCUT2D eigenvalue weighted by atomic mass is 19.3. The van der Waals surface area contributed by atoms with E-state index in [-0.39, 0.29) is 29.5 Å². The van der Waals surface area contributed by atoms with E-state index in [4.69, 9.17) is 0 Å². The average molecular weight is 532 g/mol. The van der Waals surface area contributed by atoms with Gasteiger partial charge in [-0.1, -0.05) is 25.5 Å². The smallest absolute Gasteiger partial charge is 0.429 e. The van der Waals surface area contributed by atoms with Gasteiger partial charge in [0.15, 0.2) is 29.1 Å². The van der Waals surface area contributed by atoms with Crippen LogP contribution < -0.4 is 4.74 Å². The Kier molecular flexibility index (Phi) is 6.83. The highest BCUT2D eigenvalue weighted by molar-refractivity contribution is 5.89. The Labute approximate surface area is 202 Å². The van der Waals surface area contributed by atoms with Gasteiger partial charge >= 0.3 is 6.11 Å². The summed E-state index contributed by atoms with van der Waals surface area (Å²) in [6.45, 7) is 1.72. The van der Waals surface area contributed by atoms with Crippen LogP contribution in [0.4, 0.5) is 43.9 Å². The van der Waals surface area contributed by atoms with Crippen molar-refractivity contribution in [3.63, 3.8) is 0 Å². The summed E-state index contributed by atoms with van der Waals surface area (Å²) >= 11 is 0. The second-order valence-electron chi connectivity index (χ2n) is 8.07. The summed E-state index contributed by atoms with van der Waals surface area (Å²) in [6.07, 6.45) is -4.20. The van der Waals surface area contributed by atoms with Gasteiger partial charge in [-0.25, -0.2) is 35.1 Å². The molecule has 37 heavy (non-hydrogen) atoms. The van der Waals surface area contributed by atoms with Gasteiger partial charge in [0, 0.05) is 17.7 Å². The standard InChI is InChI=1S/C26H14F10O/c1-2-3-12-6-11-4-5-15(23(32)20(11)25(34)22(12)31)13-7-16(27)21(17(28)8-13)26(35,36)37-14-9-18(29)24(33)19(30)10-14/h4-10H,2-3H2,1H3. The topological polar surface area (TPSA) is 9.23 Å². The monoisotopic (exact) mass is 532 g/mol. The van der Waals surface area contributed by atoms with Crippen molar-refractivity contribution in [1.82, 2.24) is 0 Å². The second kappa shape index (κ2) is 9.60. The predicted molar refractivity (Wildman–Crippen MR) is 114 cm³/mol. The molecule has 0 aromatic heterocycles. The molecule has 0 fully saturated rings. The molecule has 4 rings (SSSR count). The quantitative estimate of drug-likeness (QED) is 0.178. The molecule has 0 N–H and O–H groups in total. The van der Waals surface area contributed by atoms with Crippen molar-refractivity contribution in [3.8, 4) is 16.9 Å². The first-order valence-corrected chi connectivity index (χ1v) is 10.7. The molecule has 0 unspecified atom stereocenters. The lowest BCUT2D eigenvalue weighted by Crippen LogP contribution is -2.25. The lowest BCUT2D eigenvalue weighted by atomic mass is 9.96. The number of benzene rings is 4. The summed E-state index contributed by atoms with van der Waals surface area (Å²) < 4.78 is 146. The molecule has 4 aromatic rings. The number of rotatable bonds is 6. The highest BCUT2D eigenvalue weighted by Gasteiger charge is 2.41. The average Bonchev–Trinajstić information content (AvgIpc) is 2.80. The van der Waals surface area contributed by atoms with Crippen LogP contribution in [-0.4, -0.2) is 0 Å². The molecule has 4 aromatic carbocycles. The molecule has 11 heteroatoms. The van der Waals surface area contributed by atoms with Crippen LogP contribution >= 0.6 is 0 Å². The normalized spacial score (nSPS) is 11.9. The van der Waals surface area contributed by atoms with Gasteiger partial charge in [-0.3, -0.25) is 0 Å². The lowest BCUT2D eigenvalue weighted by Gasteiger charge is -2.20. The maximum absolute atomic E-state index is 15.2. The summed E-state index contributed by atoms with van der Waals surface area (Å²) in [5.74, 6) is -15.1. The van der Waals surface area contributed by atoms with Gasteiger partial charge in [0.05, 0.1) is 5.39 Å². The molecular weight excluding hydrogens is 518 g/mol. The minimum absolute atomic E-state index is 0.00393. The van der Waals surface area contributed by atoms with Crippen LogP contribution in [0.1, 0.15) is 24.5 Å². The summed E-state index contributed by atoms with van der Waals surface area (Å²) in [5, 5.41) is -0.825. The van der Waals surface area contributed by atoms with E-state index in [0.717, 1.165) is 6.07 Å². The minimum Gasteiger partial charge on any atom is -0.429 e. The van der Waals surface area contributed by atoms with Crippen LogP contribution in [-0.2, 0) is 12.5 Å². The summed E-state index contributed by atoms with van der Waals surface area (Å²) in [4.78, 5) is 0. The predicted octanol–water partition coefficient (Wildman–Crippen LogP) is 8.70. The van der Waals surface area contributed by atoms with E-state index in [0.29, 0.717) is 18.6 Å². The zero-order chi connectivity index (χ0) is 27.2. The zero-order valence-electron chi connectivity index (χ0n) is 18.6. The van der Waals surface area contributed by atoms with Crippen molar-refractivity contribution in [3.05, 3.63) is 100 Å². The Hall–Kier alpha value is -3.76. The van der Waals surface area contributed by atoms with E-state index in [1.807, 2.05) is 0 Å². The number of hydrogen-bond acceptors (Lipinski definition) is 1. The third-order valence-electron chi connectivity index (χ3n) is 5.56. The van der Waals surface area contributed by atoms with Crippen molar-refractivity contribution in [2.24, 2.45) is 0 Å². The van der Waals surface area contributed by atoms with E-state index in [1.54, 1.807) is 6.92 Å². The largest absolute Gasteiger partial charge is 0.432 e. The van der Waals surface area contributed by atoms with Gasteiger partial charge in [0.2, 0.25) is 0 Å². The fraction of sp³-hybridized carbons (Fsp3) is 0.154. The van der Waals surface area contributed by atoms with E-state index in [1.165, 1.54) is 12.1 Å². The maximum atomic E-state index is 15.2. The van der Waals surface area contributed by atoms with Crippen LogP contribution in [0.25, 0.3) is 21.9 Å². The van der Waals surface area contributed by atoms with Gasteiger partial charge in [-0.2, -0.15) is 8.78 Å². The maximum Gasteiger partial charge on any atom is 0.432 e. The fourth-order valence-electron chi connectivity index (χ4n) is 3.91. The first kappa shape index (κ1) is 26.3. The fourth-order valence-corrected chi connectivity index (χ4v) is 3.91.